The van der Waals surface area contributed by atoms with E-state index in [1.165, 1.54) is 0 Å². The van der Waals surface area contributed by atoms with Gasteiger partial charge in [0.05, 0.1) is 24.9 Å². The summed E-state index contributed by atoms with van der Waals surface area (Å²) in [4.78, 5) is 16.8. The Balaban J connectivity index is 2.20. The third-order valence-electron chi connectivity index (χ3n) is 4.79. The van der Waals surface area contributed by atoms with Crippen LogP contribution in [0.3, 0.4) is 0 Å². The Morgan fingerprint density at radius 3 is 2.48 bits per heavy atom. The number of hydrogen-bond acceptors (Lipinski definition) is 3. The minimum atomic E-state index is -0.407. The summed E-state index contributed by atoms with van der Waals surface area (Å²) in [5.74, 6) is 0.372. The van der Waals surface area contributed by atoms with Crippen LogP contribution in [0.25, 0.3) is 11.1 Å². The number of methoxy groups -OCH3 is 1. The molecule has 0 atom stereocenters. The number of aromatic nitrogens is 2. The molecule has 0 unspecified atom stereocenters. The lowest BCUT2D eigenvalue weighted by molar-refractivity contribution is 0.1000. The molecule has 0 radical (unpaired) electrons. The molecule has 2 heterocycles. The van der Waals surface area contributed by atoms with Gasteiger partial charge in [-0.1, -0.05) is 31.5 Å². The van der Waals surface area contributed by atoms with Crippen LogP contribution in [0, 0.1) is 6.92 Å². The molecule has 0 fully saturated rings. The topological polar surface area (TPSA) is 70.1 Å². The summed E-state index contributed by atoms with van der Waals surface area (Å²) in [5, 5.41) is 0. The summed E-state index contributed by atoms with van der Waals surface area (Å²) < 4.78 is 7.44. The predicted octanol–water partition coefficient (Wildman–Crippen LogP) is 3.97. The van der Waals surface area contributed by atoms with Crippen LogP contribution >= 0.6 is 0 Å². The van der Waals surface area contributed by atoms with Gasteiger partial charge in [0.1, 0.15) is 5.75 Å². The average Bonchev–Trinajstić information content (AvgIpc) is 2.95. The Kier molecular flexibility index (Phi) is 5.60. The second-order valence-electron chi connectivity index (χ2n) is 6.53. The third-order valence-corrected chi connectivity index (χ3v) is 4.79. The van der Waals surface area contributed by atoms with Gasteiger partial charge in [0.25, 0.3) is 5.91 Å². The van der Waals surface area contributed by atoms with Crippen molar-refractivity contribution in [3.63, 3.8) is 0 Å². The van der Waals surface area contributed by atoms with Crippen LogP contribution < -0.4 is 10.5 Å². The van der Waals surface area contributed by atoms with E-state index in [4.69, 9.17) is 10.5 Å². The highest BCUT2D eigenvalue weighted by Gasteiger charge is 2.24. The van der Waals surface area contributed by atoms with Crippen LogP contribution in [0.1, 0.15) is 40.8 Å². The summed E-state index contributed by atoms with van der Waals surface area (Å²) >= 11 is 0. The van der Waals surface area contributed by atoms with Gasteiger partial charge in [0.2, 0.25) is 0 Å². The summed E-state index contributed by atoms with van der Waals surface area (Å²) in [6.07, 6.45) is 3.60. The van der Waals surface area contributed by atoms with Crippen LogP contribution in [0.4, 0.5) is 0 Å². The van der Waals surface area contributed by atoms with E-state index in [-0.39, 0.29) is 0 Å². The fourth-order valence-electron chi connectivity index (χ4n) is 3.53. The number of carbonyl (C=O) groups excluding carboxylic acids is 1. The van der Waals surface area contributed by atoms with E-state index in [0.717, 1.165) is 46.8 Å². The zero-order valence-corrected chi connectivity index (χ0v) is 16.0. The second kappa shape index (κ2) is 8.08. The molecule has 0 aliphatic carbocycles. The van der Waals surface area contributed by atoms with E-state index in [1.807, 2.05) is 49.4 Å². The van der Waals surface area contributed by atoms with Gasteiger partial charge in [-0.3, -0.25) is 9.78 Å². The van der Waals surface area contributed by atoms with Crippen molar-refractivity contribution in [2.75, 3.05) is 7.11 Å². The van der Waals surface area contributed by atoms with Gasteiger partial charge in [0, 0.05) is 23.1 Å². The van der Waals surface area contributed by atoms with Crippen molar-refractivity contribution >= 4 is 5.91 Å². The molecular formula is C22H25N3O2. The van der Waals surface area contributed by atoms with E-state index < -0.39 is 5.91 Å². The highest BCUT2D eigenvalue weighted by Crippen LogP contribution is 2.34. The van der Waals surface area contributed by atoms with E-state index in [2.05, 4.69) is 16.5 Å². The fraction of sp³-hybridized carbons (Fsp3) is 0.273. The van der Waals surface area contributed by atoms with Crippen molar-refractivity contribution in [1.29, 1.82) is 0 Å². The molecule has 5 heteroatoms. The lowest BCUT2D eigenvalue weighted by Gasteiger charge is -2.12. The first-order chi connectivity index (χ1) is 13.1. The maximum Gasteiger partial charge on any atom is 0.251 e. The van der Waals surface area contributed by atoms with Gasteiger partial charge in [-0.15, -0.1) is 0 Å². The number of nitrogens with two attached hydrogens (primary N) is 1. The Bertz CT molecular complexity index is 928. The smallest absolute Gasteiger partial charge is 0.251 e. The standard InChI is InChI=1S/C22H25N3O2/c1-4-7-19-21(16-9-11-18(27-3)12-10-16)20(22(23)26)15(2)25(19)14-17-8-5-6-13-24-17/h5-6,8-13H,4,7,14H2,1-3H3,(H2,23,26). The molecule has 1 amide bonds. The van der Waals surface area contributed by atoms with Gasteiger partial charge in [-0.2, -0.15) is 0 Å². The first kappa shape index (κ1) is 18.7. The molecule has 140 valence electrons. The normalized spacial score (nSPS) is 10.8. The molecule has 0 aliphatic rings. The Labute approximate surface area is 159 Å². The minimum absolute atomic E-state index is 0.407. The van der Waals surface area contributed by atoms with Gasteiger partial charge >= 0.3 is 0 Å². The van der Waals surface area contributed by atoms with Crippen molar-refractivity contribution in [1.82, 2.24) is 9.55 Å². The summed E-state index contributed by atoms with van der Waals surface area (Å²) in [7, 11) is 1.64. The SMILES string of the molecule is CCCc1c(-c2ccc(OC)cc2)c(C(N)=O)c(C)n1Cc1ccccn1. The zero-order chi connectivity index (χ0) is 19.4. The fourth-order valence-corrected chi connectivity index (χ4v) is 3.53. The number of pyridine rings is 1. The molecule has 3 rings (SSSR count). The monoisotopic (exact) mass is 363 g/mol. The Hall–Kier alpha value is -3.08. The van der Waals surface area contributed by atoms with Crippen LogP contribution in [-0.2, 0) is 13.0 Å². The molecule has 3 aromatic rings. The van der Waals surface area contributed by atoms with Crippen LogP contribution in [0.5, 0.6) is 5.75 Å². The van der Waals surface area contributed by atoms with E-state index >= 15 is 0 Å². The summed E-state index contributed by atoms with van der Waals surface area (Å²) in [6.45, 7) is 4.70. The van der Waals surface area contributed by atoms with Crippen LogP contribution in [0.15, 0.2) is 48.7 Å². The number of primary amides is 1. The number of amides is 1. The lowest BCUT2D eigenvalue weighted by atomic mass is 9.98. The average molecular weight is 363 g/mol. The van der Waals surface area contributed by atoms with Crippen molar-refractivity contribution in [2.24, 2.45) is 5.73 Å². The molecule has 2 aromatic heterocycles. The molecule has 0 bridgehead atoms. The number of carbonyl (C=O) groups is 1. The molecule has 1 aromatic carbocycles. The lowest BCUT2D eigenvalue weighted by Crippen LogP contribution is -2.13. The van der Waals surface area contributed by atoms with Crippen molar-refractivity contribution in [3.05, 3.63) is 71.3 Å². The molecule has 27 heavy (non-hydrogen) atoms. The van der Waals surface area contributed by atoms with Crippen LogP contribution in [0.2, 0.25) is 0 Å². The molecule has 0 saturated carbocycles. The zero-order valence-electron chi connectivity index (χ0n) is 16.0. The first-order valence-corrected chi connectivity index (χ1v) is 9.12. The van der Waals surface area contributed by atoms with Gasteiger partial charge < -0.3 is 15.0 Å². The van der Waals surface area contributed by atoms with Crippen molar-refractivity contribution < 1.29 is 9.53 Å². The van der Waals surface area contributed by atoms with Crippen molar-refractivity contribution in [3.8, 4) is 16.9 Å². The minimum Gasteiger partial charge on any atom is -0.497 e. The second-order valence-corrected chi connectivity index (χ2v) is 6.53. The maximum atomic E-state index is 12.3. The molecular weight excluding hydrogens is 338 g/mol. The quantitative estimate of drug-likeness (QED) is 0.690. The Morgan fingerprint density at radius 1 is 1.19 bits per heavy atom. The molecule has 0 saturated heterocycles. The predicted molar refractivity (Wildman–Crippen MR) is 107 cm³/mol. The van der Waals surface area contributed by atoms with Gasteiger partial charge in [-0.05, 0) is 43.2 Å². The van der Waals surface area contributed by atoms with Crippen LogP contribution in [-0.4, -0.2) is 22.6 Å². The highest BCUT2D eigenvalue weighted by molar-refractivity contribution is 6.02. The highest BCUT2D eigenvalue weighted by atomic mass is 16.5. The van der Waals surface area contributed by atoms with E-state index in [1.54, 1.807) is 13.3 Å². The number of rotatable bonds is 7. The number of ether oxygens (including phenoxy) is 1. The van der Waals surface area contributed by atoms with E-state index in [9.17, 15) is 4.79 Å². The number of hydrogen-bond donors (Lipinski definition) is 1. The van der Waals surface area contributed by atoms with Gasteiger partial charge in [0.15, 0.2) is 0 Å². The number of benzene rings is 1. The number of nitrogens with zero attached hydrogens (tertiary/aromatic N) is 2. The third kappa shape index (κ3) is 3.72. The summed E-state index contributed by atoms with van der Waals surface area (Å²) in [5.41, 5.74) is 11.2. The first-order valence-electron chi connectivity index (χ1n) is 9.12. The summed E-state index contributed by atoms with van der Waals surface area (Å²) in [6, 6.07) is 13.6. The van der Waals surface area contributed by atoms with Gasteiger partial charge in [-0.25, -0.2) is 0 Å². The Morgan fingerprint density at radius 2 is 1.93 bits per heavy atom. The molecule has 5 nitrogen and oxygen atoms in total. The largest absolute Gasteiger partial charge is 0.497 e. The molecule has 0 aliphatic heterocycles. The van der Waals surface area contributed by atoms with E-state index in [0.29, 0.717) is 12.1 Å². The maximum absolute atomic E-state index is 12.3. The molecule has 2 N–H and O–H groups in total. The van der Waals surface area contributed by atoms with Crippen molar-refractivity contribution in [2.45, 2.75) is 33.2 Å². The molecule has 0 spiro atoms.